The maximum atomic E-state index is 13.4. The number of hydrogen-bond donors (Lipinski definition) is 1. The van der Waals surface area contributed by atoms with Crippen LogP contribution in [0.1, 0.15) is 46.4 Å². The first-order valence-corrected chi connectivity index (χ1v) is 12.7. The van der Waals surface area contributed by atoms with E-state index in [1.165, 1.54) is 4.70 Å². The number of benzene rings is 2. The Labute approximate surface area is 208 Å². The Hall–Kier alpha value is -3.49. The van der Waals surface area contributed by atoms with Crippen LogP contribution in [0.2, 0.25) is 0 Å². The summed E-state index contributed by atoms with van der Waals surface area (Å²) in [4.78, 5) is 35.0. The van der Waals surface area contributed by atoms with E-state index in [4.69, 9.17) is 9.40 Å². The minimum atomic E-state index is -0.248. The van der Waals surface area contributed by atoms with E-state index in [0.29, 0.717) is 17.0 Å². The normalized spacial score (nSPS) is 16.3. The summed E-state index contributed by atoms with van der Waals surface area (Å²) in [5, 5.41) is 3.94. The van der Waals surface area contributed by atoms with Gasteiger partial charge in [0.05, 0.1) is 46.9 Å². The molecule has 1 aliphatic heterocycles. The van der Waals surface area contributed by atoms with Crippen molar-refractivity contribution in [3.05, 3.63) is 83.3 Å². The van der Waals surface area contributed by atoms with E-state index in [1.54, 1.807) is 53.8 Å². The summed E-state index contributed by atoms with van der Waals surface area (Å²) < 4.78 is 6.47. The lowest BCUT2D eigenvalue weighted by molar-refractivity contribution is -0.120. The van der Waals surface area contributed by atoms with Crippen molar-refractivity contribution in [1.82, 2.24) is 15.2 Å². The summed E-state index contributed by atoms with van der Waals surface area (Å²) in [6.45, 7) is 1.42. The molecule has 0 saturated carbocycles. The Morgan fingerprint density at radius 3 is 2.77 bits per heavy atom. The van der Waals surface area contributed by atoms with Crippen LogP contribution in [0.5, 0.6) is 0 Å². The van der Waals surface area contributed by atoms with Crippen molar-refractivity contribution in [3.63, 3.8) is 0 Å². The van der Waals surface area contributed by atoms with Crippen LogP contribution in [0.15, 0.2) is 71.3 Å². The molecule has 8 heteroatoms. The molecular formula is C27H28N4O3S. The van der Waals surface area contributed by atoms with Crippen molar-refractivity contribution in [1.29, 1.82) is 0 Å². The fourth-order valence-corrected chi connectivity index (χ4v) is 5.68. The van der Waals surface area contributed by atoms with E-state index in [-0.39, 0.29) is 30.9 Å². The van der Waals surface area contributed by atoms with Gasteiger partial charge in [-0.05, 0) is 55.8 Å². The Morgan fingerprint density at radius 2 is 1.94 bits per heavy atom. The Bertz CT molecular complexity index is 1280. The molecule has 2 aromatic carbocycles. The molecule has 1 fully saturated rings. The molecule has 0 bridgehead atoms. The summed E-state index contributed by atoms with van der Waals surface area (Å²) in [5.41, 5.74) is 2.05. The number of furan rings is 1. The first-order valence-electron chi connectivity index (χ1n) is 11.9. The monoisotopic (exact) mass is 488 g/mol. The van der Waals surface area contributed by atoms with Crippen molar-refractivity contribution in [2.24, 2.45) is 0 Å². The number of nitrogens with zero attached hydrogens (tertiary/aromatic N) is 3. The van der Waals surface area contributed by atoms with Gasteiger partial charge in [0.1, 0.15) is 10.8 Å². The highest BCUT2D eigenvalue weighted by atomic mass is 32.1. The zero-order valence-electron chi connectivity index (χ0n) is 19.6. The van der Waals surface area contributed by atoms with E-state index >= 15 is 0 Å². The van der Waals surface area contributed by atoms with E-state index in [2.05, 4.69) is 16.3 Å². The molecule has 35 heavy (non-hydrogen) atoms. The molecule has 1 N–H and O–H groups in total. The van der Waals surface area contributed by atoms with Crippen LogP contribution < -0.4 is 10.2 Å². The third-order valence-corrected chi connectivity index (χ3v) is 7.57. The molecule has 4 aromatic rings. The summed E-state index contributed by atoms with van der Waals surface area (Å²) in [7, 11) is 1.73. The third kappa shape index (κ3) is 5.13. The van der Waals surface area contributed by atoms with Crippen molar-refractivity contribution < 1.29 is 14.0 Å². The van der Waals surface area contributed by atoms with Gasteiger partial charge in [-0.15, -0.1) is 11.3 Å². The highest BCUT2D eigenvalue weighted by Crippen LogP contribution is 2.35. The van der Waals surface area contributed by atoms with Gasteiger partial charge in [-0.1, -0.05) is 30.7 Å². The molecule has 1 aliphatic rings. The molecule has 3 heterocycles. The van der Waals surface area contributed by atoms with Gasteiger partial charge in [0.25, 0.3) is 5.91 Å². The molecule has 2 amide bonds. The van der Waals surface area contributed by atoms with Crippen molar-refractivity contribution >= 4 is 39.1 Å². The average Bonchev–Trinajstić information content (AvgIpc) is 3.57. The SMILES string of the molecule is CN(C(=O)CN1CCCC[C@@H]1c1nc2ccccc2s1)c1ccccc1C(=O)NCc1ccco1. The maximum Gasteiger partial charge on any atom is 0.253 e. The summed E-state index contributed by atoms with van der Waals surface area (Å²) >= 11 is 1.71. The second-order valence-electron chi connectivity index (χ2n) is 8.73. The quantitative estimate of drug-likeness (QED) is 0.396. The number of nitrogens with one attached hydrogen (secondary N) is 1. The molecule has 180 valence electrons. The third-order valence-electron chi connectivity index (χ3n) is 6.43. The number of carbonyl (C=O) groups excluding carboxylic acids is 2. The van der Waals surface area contributed by atoms with E-state index in [9.17, 15) is 9.59 Å². The number of likely N-dealkylation sites (N-methyl/N-ethyl adjacent to an activating group) is 1. The van der Waals surface area contributed by atoms with Crippen molar-refractivity contribution in [2.75, 3.05) is 25.0 Å². The molecule has 0 aliphatic carbocycles. The molecule has 0 spiro atoms. The second-order valence-corrected chi connectivity index (χ2v) is 9.80. The molecule has 1 atom stereocenters. The number of rotatable bonds is 7. The molecule has 5 rings (SSSR count). The number of piperidine rings is 1. The first-order chi connectivity index (χ1) is 17.1. The molecule has 0 radical (unpaired) electrons. The lowest BCUT2D eigenvalue weighted by atomic mass is 10.0. The predicted molar refractivity (Wildman–Crippen MR) is 138 cm³/mol. The zero-order chi connectivity index (χ0) is 24.2. The predicted octanol–water partition coefficient (Wildman–Crippen LogP) is 5.01. The average molecular weight is 489 g/mol. The molecule has 0 unspecified atom stereocenters. The number of hydrogen-bond acceptors (Lipinski definition) is 6. The lowest BCUT2D eigenvalue weighted by Crippen LogP contribution is -2.43. The number of thiazole rings is 1. The van der Waals surface area contributed by atoms with Crippen LogP contribution >= 0.6 is 11.3 Å². The minimum absolute atomic E-state index is 0.0516. The number of fused-ring (bicyclic) bond motifs is 1. The second kappa shape index (κ2) is 10.4. The summed E-state index contributed by atoms with van der Waals surface area (Å²) in [6, 6.07) is 19.1. The molecule has 1 saturated heterocycles. The molecule has 2 aromatic heterocycles. The van der Waals surface area contributed by atoms with Crippen molar-refractivity contribution in [2.45, 2.75) is 31.8 Å². The summed E-state index contributed by atoms with van der Waals surface area (Å²) in [5.74, 6) is 0.373. The number of anilines is 1. The molecular weight excluding hydrogens is 460 g/mol. The van der Waals surface area contributed by atoms with Gasteiger partial charge >= 0.3 is 0 Å². The van der Waals surface area contributed by atoms with E-state index < -0.39 is 0 Å². The van der Waals surface area contributed by atoms with Crippen molar-refractivity contribution in [3.8, 4) is 0 Å². The van der Waals surface area contributed by atoms with Crippen LogP contribution in [0, 0.1) is 0 Å². The fourth-order valence-electron chi connectivity index (χ4n) is 4.54. The zero-order valence-corrected chi connectivity index (χ0v) is 20.5. The van der Waals surface area contributed by atoms with Gasteiger partial charge in [-0.3, -0.25) is 14.5 Å². The van der Waals surface area contributed by atoms with Crippen LogP contribution in [-0.2, 0) is 11.3 Å². The van der Waals surface area contributed by atoms with Gasteiger partial charge in [-0.2, -0.15) is 0 Å². The largest absolute Gasteiger partial charge is 0.467 e. The minimum Gasteiger partial charge on any atom is -0.467 e. The van der Waals surface area contributed by atoms with Gasteiger partial charge in [0, 0.05) is 7.05 Å². The van der Waals surface area contributed by atoms with Gasteiger partial charge in [-0.25, -0.2) is 4.98 Å². The maximum absolute atomic E-state index is 13.4. The lowest BCUT2D eigenvalue weighted by Gasteiger charge is -2.35. The summed E-state index contributed by atoms with van der Waals surface area (Å²) in [6.07, 6.45) is 4.75. The number of amides is 2. The Balaban J connectivity index is 1.30. The Morgan fingerprint density at radius 1 is 1.11 bits per heavy atom. The van der Waals surface area contributed by atoms with E-state index in [0.717, 1.165) is 36.3 Å². The van der Waals surface area contributed by atoms with E-state index in [1.807, 2.05) is 30.3 Å². The smallest absolute Gasteiger partial charge is 0.253 e. The highest BCUT2D eigenvalue weighted by molar-refractivity contribution is 7.18. The topological polar surface area (TPSA) is 78.7 Å². The molecule has 7 nitrogen and oxygen atoms in total. The van der Waals surface area contributed by atoms with Gasteiger partial charge in [0.2, 0.25) is 5.91 Å². The fraction of sp³-hybridized carbons (Fsp3) is 0.296. The van der Waals surface area contributed by atoms with Crippen LogP contribution in [0.25, 0.3) is 10.2 Å². The van der Waals surface area contributed by atoms with Crippen LogP contribution in [0.4, 0.5) is 5.69 Å². The number of aromatic nitrogens is 1. The van der Waals surface area contributed by atoms with Crippen LogP contribution in [-0.4, -0.2) is 41.8 Å². The first kappa shape index (κ1) is 23.3. The number of para-hydroxylation sites is 2. The van der Waals surface area contributed by atoms with Gasteiger partial charge < -0.3 is 14.6 Å². The number of likely N-dealkylation sites (tertiary alicyclic amines) is 1. The standard InChI is InChI=1S/C27H28N4O3S/c1-30(22-12-4-2-10-20(22)26(33)28-17-19-9-8-16-34-19)25(32)18-31-15-7-6-13-23(31)27-29-21-11-3-5-14-24(21)35-27/h2-5,8-12,14,16,23H,6-7,13,15,17-18H2,1H3,(H,28,33)/t23-/m1/s1. The van der Waals surface area contributed by atoms with Gasteiger partial charge in [0.15, 0.2) is 0 Å². The number of carbonyl (C=O) groups is 2. The highest BCUT2D eigenvalue weighted by Gasteiger charge is 2.30. The van der Waals surface area contributed by atoms with Crippen LogP contribution in [0.3, 0.4) is 0 Å². The Kier molecular flexibility index (Phi) is 6.92.